The van der Waals surface area contributed by atoms with Crippen molar-refractivity contribution in [3.63, 3.8) is 0 Å². The van der Waals surface area contributed by atoms with Crippen molar-refractivity contribution < 1.29 is 41.8 Å². The van der Waals surface area contributed by atoms with Gasteiger partial charge in [-0.05, 0) is 42.5 Å². The first-order chi connectivity index (χ1) is 13.7. The maximum Gasteiger partial charge on any atom is 0.416 e. The summed E-state index contributed by atoms with van der Waals surface area (Å²) in [4.78, 5) is 35.6. The van der Waals surface area contributed by atoms with Crippen LogP contribution in [0.15, 0.2) is 42.5 Å². The van der Waals surface area contributed by atoms with E-state index in [4.69, 9.17) is 4.74 Å². The molecule has 2 aromatic rings. The Morgan fingerprint density at radius 2 is 1.55 bits per heavy atom. The fraction of sp³-hybridized carbons (Fsp3) is 0.211. The molecule has 29 heavy (non-hydrogen) atoms. The topological polar surface area (TPSA) is 90.9 Å². The van der Waals surface area contributed by atoms with Gasteiger partial charge in [-0.1, -0.05) is 0 Å². The molecule has 7 nitrogen and oxygen atoms in total. The van der Waals surface area contributed by atoms with Gasteiger partial charge >= 0.3 is 18.1 Å². The molecular weight excluding hydrogens is 395 g/mol. The molecule has 0 aliphatic heterocycles. The van der Waals surface area contributed by atoms with E-state index in [9.17, 15) is 27.6 Å². The van der Waals surface area contributed by atoms with E-state index in [1.807, 2.05) is 0 Å². The second kappa shape index (κ2) is 9.09. The zero-order chi connectivity index (χ0) is 21.6. The number of carbonyl (C=O) groups is 3. The van der Waals surface area contributed by atoms with E-state index in [2.05, 4.69) is 14.8 Å². The van der Waals surface area contributed by atoms with E-state index < -0.39 is 36.2 Å². The van der Waals surface area contributed by atoms with Gasteiger partial charge in [-0.3, -0.25) is 4.79 Å². The molecule has 0 heterocycles. The summed E-state index contributed by atoms with van der Waals surface area (Å²) in [6.45, 7) is -0.547. The lowest BCUT2D eigenvalue weighted by molar-refractivity contribution is -0.137. The summed E-state index contributed by atoms with van der Waals surface area (Å²) < 4.78 is 52.0. The van der Waals surface area contributed by atoms with E-state index in [1.54, 1.807) is 0 Å². The zero-order valence-corrected chi connectivity index (χ0v) is 15.3. The highest BCUT2D eigenvalue weighted by molar-refractivity contribution is 6.03. The number of rotatable bonds is 6. The third kappa shape index (κ3) is 5.71. The minimum Gasteiger partial charge on any atom is -0.484 e. The largest absolute Gasteiger partial charge is 0.484 e. The van der Waals surface area contributed by atoms with Crippen molar-refractivity contribution in [2.75, 3.05) is 26.1 Å². The molecule has 1 amide bonds. The molecule has 0 aliphatic rings. The average Bonchev–Trinajstić information content (AvgIpc) is 2.70. The summed E-state index contributed by atoms with van der Waals surface area (Å²) >= 11 is 0. The summed E-state index contributed by atoms with van der Waals surface area (Å²) in [6.07, 6.45) is -4.48. The Labute approximate surface area is 163 Å². The van der Waals surface area contributed by atoms with Gasteiger partial charge in [0.05, 0.1) is 36.6 Å². The maximum atomic E-state index is 12.5. The van der Waals surface area contributed by atoms with Crippen LogP contribution in [0.1, 0.15) is 26.3 Å². The summed E-state index contributed by atoms with van der Waals surface area (Å²) in [6, 6.07) is 7.64. The molecule has 0 fully saturated rings. The van der Waals surface area contributed by atoms with E-state index >= 15 is 0 Å². The van der Waals surface area contributed by atoms with Gasteiger partial charge in [-0.15, -0.1) is 0 Å². The van der Waals surface area contributed by atoms with Gasteiger partial charge in [-0.25, -0.2) is 9.59 Å². The number of anilines is 1. The highest BCUT2D eigenvalue weighted by atomic mass is 19.4. The molecule has 154 valence electrons. The molecular formula is C19H16F3NO6. The number of nitrogens with one attached hydrogen (secondary N) is 1. The summed E-state index contributed by atoms with van der Waals surface area (Å²) in [5.41, 5.74) is -0.792. The lowest BCUT2D eigenvalue weighted by atomic mass is 10.1. The first-order valence-corrected chi connectivity index (χ1v) is 8.06. The molecule has 10 heteroatoms. The van der Waals surface area contributed by atoms with Crippen molar-refractivity contribution in [3.05, 3.63) is 59.2 Å². The molecule has 0 saturated carbocycles. The van der Waals surface area contributed by atoms with Crippen molar-refractivity contribution in [2.45, 2.75) is 6.18 Å². The molecule has 0 spiro atoms. The third-order valence-electron chi connectivity index (χ3n) is 3.67. The standard InChI is InChI=1S/C19H16F3NO6/c1-27-17(25)11-3-8-14(18(26)28-2)15(9-11)23-16(24)10-29-13-6-4-12(5-7-13)19(20,21)22/h3-9H,10H2,1-2H3,(H,23,24). The SMILES string of the molecule is COC(=O)c1ccc(C(=O)OC)c(NC(=O)COc2ccc(C(F)(F)F)cc2)c1. The molecule has 2 rings (SSSR count). The molecule has 0 aliphatic carbocycles. The van der Waals surface area contributed by atoms with Crippen molar-refractivity contribution in [1.82, 2.24) is 0 Å². The highest BCUT2D eigenvalue weighted by Gasteiger charge is 2.30. The quantitative estimate of drug-likeness (QED) is 0.734. The number of alkyl halides is 3. The fourth-order valence-corrected chi connectivity index (χ4v) is 2.26. The van der Waals surface area contributed by atoms with Crippen LogP contribution in [0.3, 0.4) is 0 Å². The average molecular weight is 411 g/mol. The minimum absolute atomic E-state index is 0.0111. The van der Waals surface area contributed by atoms with Crippen molar-refractivity contribution in [1.29, 1.82) is 0 Å². The van der Waals surface area contributed by atoms with E-state index in [-0.39, 0.29) is 22.6 Å². The Morgan fingerprint density at radius 1 is 0.931 bits per heavy atom. The van der Waals surface area contributed by atoms with Gasteiger partial charge in [-0.2, -0.15) is 13.2 Å². The first kappa shape index (κ1) is 21.7. The predicted octanol–water partition coefficient (Wildman–Crippen LogP) is 3.30. The van der Waals surface area contributed by atoms with Gasteiger partial charge in [0.25, 0.3) is 5.91 Å². The van der Waals surface area contributed by atoms with E-state index in [0.29, 0.717) is 0 Å². The molecule has 1 N–H and O–H groups in total. The monoisotopic (exact) mass is 411 g/mol. The number of ether oxygens (including phenoxy) is 3. The van der Waals surface area contributed by atoms with Gasteiger partial charge in [0.2, 0.25) is 0 Å². The van der Waals surface area contributed by atoms with Crippen LogP contribution in [0.2, 0.25) is 0 Å². The van der Waals surface area contributed by atoms with Gasteiger partial charge in [0.1, 0.15) is 5.75 Å². The summed E-state index contributed by atoms with van der Waals surface area (Å²) in [5.74, 6) is -2.10. The number of hydrogen-bond donors (Lipinski definition) is 1. The Bertz CT molecular complexity index is 909. The summed E-state index contributed by atoms with van der Waals surface area (Å²) in [7, 11) is 2.32. The number of halogens is 3. The lowest BCUT2D eigenvalue weighted by Crippen LogP contribution is -2.22. The number of esters is 2. The number of hydrogen-bond acceptors (Lipinski definition) is 6. The first-order valence-electron chi connectivity index (χ1n) is 8.06. The molecule has 0 aromatic heterocycles. The van der Waals surface area contributed by atoms with E-state index in [0.717, 1.165) is 31.4 Å². The Morgan fingerprint density at radius 3 is 2.10 bits per heavy atom. The maximum absolute atomic E-state index is 12.5. The van der Waals surface area contributed by atoms with Gasteiger partial charge in [0.15, 0.2) is 6.61 Å². The van der Waals surface area contributed by atoms with Crippen LogP contribution < -0.4 is 10.1 Å². The molecule has 0 bridgehead atoms. The predicted molar refractivity (Wildman–Crippen MR) is 94.7 cm³/mol. The van der Waals surface area contributed by atoms with Crippen molar-refractivity contribution in [2.24, 2.45) is 0 Å². The second-order valence-corrected chi connectivity index (χ2v) is 5.60. The van der Waals surface area contributed by atoms with Crippen LogP contribution in [0.4, 0.5) is 18.9 Å². The lowest BCUT2D eigenvalue weighted by Gasteiger charge is -2.12. The summed E-state index contributed by atoms with van der Waals surface area (Å²) in [5, 5.41) is 2.40. The number of amides is 1. The second-order valence-electron chi connectivity index (χ2n) is 5.60. The third-order valence-corrected chi connectivity index (χ3v) is 3.67. The van der Waals surface area contributed by atoms with Crippen LogP contribution in [0.5, 0.6) is 5.75 Å². The van der Waals surface area contributed by atoms with Crippen LogP contribution in [-0.2, 0) is 20.4 Å². The van der Waals surface area contributed by atoms with E-state index in [1.165, 1.54) is 25.3 Å². The normalized spacial score (nSPS) is 10.8. The molecule has 2 aromatic carbocycles. The Kier molecular flexibility index (Phi) is 6.81. The molecule has 0 atom stereocenters. The van der Waals surface area contributed by atoms with Gasteiger partial charge < -0.3 is 19.5 Å². The zero-order valence-electron chi connectivity index (χ0n) is 15.3. The van der Waals surface area contributed by atoms with Crippen LogP contribution in [-0.4, -0.2) is 38.7 Å². The highest BCUT2D eigenvalue weighted by Crippen LogP contribution is 2.30. The molecule has 0 radical (unpaired) electrons. The van der Waals surface area contributed by atoms with Crippen LogP contribution in [0.25, 0.3) is 0 Å². The Hall–Kier alpha value is -3.56. The smallest absolute Gasteiger partial charge is 0.416 e. The fourth-order valence-electron chi connectivity index (χ4n) is 2.26. The van der Waals surface area contributed by atoms with Crippen molar-refractivity contribution in [3.8, 4) is 5.75 Å². The van der Waals surface area contributed by atoms with Crippen LogP contribution >= 0.6 is 0 Å². The minimum atomic E-state index is -4.48. The number of benzene rings is 2. The molecule has 0 saturated heterocycles. The molecule has 0 unspecified atom stereocenters. The van der Waals surface area contributed by atoms with Crippen LogP contribution in [0, 0.1) is 0 Å². The van der Waals surface area contributed by atoms with Crippen molar-refractivity contribution >= 4 is 23.5 Å². The number of carbonyl (C=O) groups excluding carboxylic acids is 3. The Balaban J connectivity index is 2.10. The van der Waals surface area contributed by atoms with Gasteiger partial charge in [0, 0.05) is 0 Å². The number of methoxy groups -OCH3 is 2.